The van der Waals surface area contributed by atoms with Crippen LogP contribution in [-0.2, 0) is 6.61 Å². The fourth-order valence-electron chi connectivity index (χ4n) is 2.76. The summed E-state index contributed by atoms with van der Waals surface area (Å²) in [6.45, 7) is 2.54. The highest BCUT2D eigenvalue weighted by Crippen LogP contribution is 2.29. The van der Waals surface area contributed by atoms with Crippen LogP contribution in [0.25, 0.3) is 10.6 Å². The van der Waals surface area contributed by atoms with Crippen LogP contribution in [-0.4, -0.2) is 18.3 Å². The van der Waals surface area contributed by atoms with Gasteiger partial charge >= 0.3 is 0 Å². The Labute approximate surface area is 183 Å². The molecule has 0 atom stereocenters. The number of aryl methyl sites for hydroxylation is 1. The van der Waals surface area contributed by atoms with Crippen molar-refractivity contribution >= 4 is 34.0 Å². The normalized spacial score (nSPS) is 11.0. The van der Waals surface area contributed by atoms with Crippen molar-refractivity contribution in [2.45, 2.75) is 13.5 Å². The highest BCUT2D eigenvalue weighted by molar-refractivity contribution is 7.15. The number of rotatable bonds is 8. The number of benzene rings is 2. The summed E-state index contributed by atoms with van der Waals surface area (Å²) in [5.41, 5.74) is 7.19. The Balaban J connectivity index is 1.41. The molecule has 0 amide bonds. The molecule has 2 aromatic carbocycles. The number of hydrazone groups is 1. The van der Waals surface area contributed by atoms with E-state index in [2.05, 4.69) is 52.8 Å². The molecule has 4 rings (SSSR count). The lowest BCUT2D eigenvalue weighted by Gasteiger charge is -2.11. The Morgan fingerprint density at radius 3 is 2.70 bits per heavy atom. The number of nitrogens with one attached hydrogen (secondary N) is 1. The molecule has 0 unspecified atom stereocenters. The number of hydrogen-bond acceptors (Lipinski definition) is 7. The smallest absolute Gasteiger partial charge is 0.203 e. The first-order valence-electron chi connectivity index (χ1n) is 9.36. The third kappa shape index (κ3) is 5.06. The molecule has 7 heteroatoms. The highest BCUT2D eigenvalue weighted by Gasteiger charge is 2.07. The number of ether oxygens (including phenoxy) is 2. The zero-order chi connectivity index (χ0) is 20.8. The van der Waals surface area contributed by atoms with Gasteiger partial charge in [-0.05, 0) is 47.7 Å². The molecule has 0 aliphatic rings. The molecule has 2 heterocycles. The van der Waals surface area contributed by atoms with Crippen LogP contribution in [0.1, 0.15) is 16.7 Å². The van der Waals surface area contributed by atoms with Gasteiger partial charge in [0.25, 0.3) is 0 Å². The average Bonchev–Trinajstić information content (AvgIpc) is 3.45. The predicted octanol–water partition coefficient (Wildman–Crippen LogP) is 6.21. The molecular formula is C23H21N3O2S2. The second kappa shape index (κ2) is 9.56. The van der Waals surface area contributed by atoms with Crippen molar-refractivity contribution in [2.24, 2.45) is 5.10 Å². The molecule has 30 heavy (non-hydrogen) atoms. The first-order valence-corrected chi connectivity index (χ1v) is 11.1. The molecule has 0 saturated carbocycles. The molecule has 1 N–H and O–H groups in total. The first-order chi connectivity index (χ1) is 14.7. The van der Waals surface area contributed by atoms with Crippen LogP contribution in [0.2, 0.25) is 0 Å². The fraction of sp³-hybridized carbons (Fsp3) is 0.130. The maximum absolute atomic E-state index is 5.99. The quantitative estimate of drug-likeness (QED) is 0.264. The second-order valence-electron chi connectivity index (χ2n) is 6.57. The SMILES string of the molecule is COc1ccc(/C=N\Nc2nc(-c3cccs3)cs2)cc1OCc1ccc(C)cc1. The summed E-state index contributed by atoms with van der Waals surface area (Å²) >= 11 is 3.20. The summed E-state index contributed by atoms with van der Waals surface area (Å²) in [6.07, 6.45) is 1.74. The lowest BCUT2D eigenvalue weighted by molar-refractivity contribution is 0.284. The van der Waals surface area contributed by atoms with Gasteiger partial charge in [0, 0.05) is 5.38 Å². The number of anilines is 1. The number of methoxy groups -OCH3 is 1. The van der Waals surface area contributed by atoms with Crippen molar-refractivity contribution in [3.63, 3.8) is 0 Å². The molecular weight excluding hydrogens is 414 g/mol. The molecule has 0 aliphatic heterocycles. The molecule has 0 aliphatic carbocycles. The van der Waals surface area contributed by atoms with Crippen LogP contribution < -0.4 is 14.9 Å². The van der Waals surface area contributed by atoms with Crippen molar-refractivity contribution in [3.05, 3.63) is 82.0 Å². The molecule has 0 spiro atoms. The minimum Gasteiger partial charge on any atom is -0.493 e. The third-order valence-corrected chi connectivity index (χ3v) is 5.99. The van der Waals surface area contributed by atoms with Gasteiger partial charge in [-0.15, -0.1) is 22.7 Å². The molecule has 0 saturated heterocycles. The van der Waals surface area contributed by atoms with E-state index in [9.17, 15) is 0 Å². The number of thiophene rings is 1. The first kappa shape index (κ1) is 20.1. The van der Waals surface area contributed by atoms with E-state index in [0.29, 0.717) is 18.1 Å². The summed E-state index contributed by atoms with van der Waals surface area (Å²) < 4.78 is 11.4. The van der Waals surface area contributed by atoms with E-state index in [0.717, 1.165) is 26.8 Å². The monoisotopic (exact) mass is 435 g/mol. The summed E-state index contributed by atoms with van der Waals surface area (Å²) in [6, 6.07) is 18.1. The van der Waals surface area contributed by atoms with E-state index in [-0.39, 0.29) is 0 Å². The minimum atomic E-state index is 0.472. The summed E-state index contributed by atoms with van der Waals surface area (Å²) in [7, 11) is 1.64. The Kier molecular flexibility index (Phi) is 6.41. The Hall–Kier alpha value is -3.16. The molecule has 0 radical (unpaired) electrons. The van der Waals surface area contributed by atoms with Crippen LogP contribution in [0.15, 0.2) is 70.5 Å². The topological polar surface area (TPSA) is 55.7 Å². The van der Waals surface area contributed by atoms with E-state index >= 15 is 0 Å². The van der Waals surface area contributed by atoms with Crippen molar-refractivity contribution in [1.82, 2.24) is 4.98 Å². The van der Waals surface area contributed by atoms with Crippen LogP contribution in [0.3, 0.4) is 0 Å². The predicted molar refractivity (Wildman–Crippen MR) is 125 cm³/mol. The van der Waals surface area contributed by atoms with Gasteiger partial charge in [0.05, 0.1) is 23.9 Å². The van der Waals surface area contributed by atoms with Gasteiger partial charge in [-0.1, -0.05) is 35.9 Å². The van der Waals surface area contributed by atoms with Crippen molar-refractivity contribution < 1.29 is 9.47 Å². The maximum Gasteiger partial charge on any atom is 0.203 e. The van der Waals surface area contributed by atoms with Gasteiger partial charge in [-0.25, -0.2) is 4.98 Å². The van der Waals surface area contributed by atoms with E-state index in [1.165, 1.54) is 16.9 Å². The standard InChI is InChI=1S/C23H21N3O2S2/c1-16-5-7-17(8-6-16)14-28-21-12-18(9-10-20(21)27-2)13-24-26-23-25-19(15-30-23)22-4-3-11-29-22/h3-13,15H,14H2,1-2H3,(H,25,26)/b24-13-. The second-order valence-corrected chi connectivity index (χ2v) is 8.38. The molecule has 0 fully saturated rings. The summed E-state index contributed by atoms with van der Waals surface area (Å²) in [4.78, 5) is 5.70. The molecule has 0 bridgehead atoms. The van der Waals surface area contributed by atoms with Crippen LogP contribution in [0.4, 0.5) is 5.13 Å². The Bertz CT molecular complexity index is 1120. The Morgan fingerprint density at radius 1 is 1.07 bits per heavy atom. The van der Waals surface area contributed by atoms with E-state index in [1.807, 2.05) is 35.0 Å². The van der Waals surface area contributed by atoms with Crippen LogP contribution >= 0.6 is 22.7 Å². The lowest BCUT2D eigenvalue weighted by Crippen LogP contribution is -1.99. The number of hydrogen-bond donors (Lipinski definition) is 1. The number of thiazole rings is 1. The third-order valence-electron chi connectivity index (χ3n) is 4.35. The van der Waals surface area contributed by atoms with Gasteiger partial charge in [0.1, 0.15) is 6.61 Å². The van der Waals surface area contributed by atoms with Crippen molar-refractivity contribution in [2.75, 3.05) is 12.5 Å². The van der Waals surface area contributed by atoms with Crippen molar-refractivity contribution in [1.29, 1.82) is 0 Å². The van der Waals surface area contributed by atoms with Crippen molar-refractivity contribution in [3.8, 4) is 22.1 Å². The molecule has 152 valence electrons. The lowest BCUT2D eigenvalue weighted by atomic mass is 10.1. The number of nitrogens with zero attached hydrogens (tertiary/aromatic N) is 2. The molecule has 4 aromatic rings. The van der Waals surface area contributed by atoms with Gasteiger partial charge in [0.15, 0.2) is 11.5 Å². The van der Waals surface area contributed by atoms with Gasteiger partial charge in [-0.3, -0.25) is 5.43 Å². The maximum atomic E-state index is 5.99. The Morgan fingerprint density at radius 2 is 1.93 bits per heavy atom. The largest absolute Gasteiger partial charge is 0.493 e. The van der Waals surface area contributed by atoms with Gasteiger partial charge < -0.3 is 9.47 Å². The van der Waals surface area contributed by atoms with Crippen LogP contribution in [0.5, 0.6) is 11.5 Å². The van der Waals surface area contributed by atoms with Gasteiger partial charge in [-0.2, -0.15) is 5.10 Å². The van der Waals surface area contributed by atoms with E-state index in [1.54, 1.807) is 24.7 Å². The zero-order valence-corrected chi connectivity index (χ0v) is 18.3. The van der Waals surface area contributed by atoms with E-state index in [4.69, 9.17) is 9.47 Å². The summed E-state index contributed by atoms with van der Waals surface area (Å²) in [5, 5.41) is 9.13. The average molecular weight is 436 g/mol. The molecule has 5 nitrogen and oxygen atoms in total. The zero-order valence-electron chi connectivity index (χ0n) is 16.7. The van der Waals surface area contributed by atoms with Crippen LogP contribution in [0, 0.1) is 6.92 Å². The fourth-order valence-corrected chi connectivity index (χ4v) is 4.18. The minimum absolute atomic E-state index is 0.472. The summed E-state index contributed by atoms with van der Waals surface area (Å²) in [5.74, 6) is 1.36. The van der Waals surface area contributed by atoms with E-state index < -0.39 is 0 Å². The number of aromatic nitrogens is 1. The molecule has 2 aromatic heterocycles. The highest BCUT2D eigenvalue weighted by atomic mass is 32.1. The van der Waals surface area contributed by atoms with Gasteiger partial charge in [0.2, 0.25) is 5.13 Å².